The number of rotatable bonds is 3. The fourth-order valence-electron chi connectivity index (χ4n) is 2.13. The van der Waals surface area contributed by atoms with Gasteiger partial charge < -0.3 is 4.98 Å². The molecule has 0 unspecified atom stereocenters. The van der Waals surface area contributed by atoms with E-state index < -0.39 is 0 Å². The van der Waals surface area contributed by atoms with E-state index in [1.54, 1.807) is 18.3 Å². The second-order valence-electron chi connectivity index (χ2n) is 4.64. The maximum absolute atomic E-state index is 6.19. The van der Waals surface area contributed by atoms with Crippen molar-refractivity contribution in [3.05, 3.63) is 75.1 Å². The number of hydrogen-bond donors (Lipinski definition) is 1. The number of aromatic amines is 1. The minimum absolute atomic E-state index is 0.587. The van der Waals surface area contributed by atoms with Crippen LogP contribution in [0.1, 0.15) is 11.4 Å². The summed E-state index contributed by atoms with van der Waals surface area (Å²) in [6, 6.07) is 13.0. The van der Waals surface area contributed by atoms with Crippen molar-refractivity contribution >= 4 is 34.8 Å². The van der Waals surface area contributed by atoms with Crippen LogP contribution in [0, 0.1) is 0 Å². The molecule has 3 rings (SSSR count). The molecule has 0 radical (unpaired) electrons. The average Bonchev–Trinajstić information content (AvgIpc) is 2.92. The number of aromatic nitrogens is 2. The lowest BCUT2D eigenvalue weighted by Gasteiger charge is -2.03. The van der Waals surface area contributed by atoms with Gasteiger partial charge in [0.2, 0.25) is 0 Å². The minimum Gasteiger partial charge on any atom is -0.342 e. The first-order chi connectivity index (χ1) is 10.1. The van der Waals surface area contributed by atoms with E-state index in [-0.39, 0.29) is 0 Å². The first kappa shape index (κ1) is 14.5. The van der Waals surface area contributed by atoms with Gasteiger partial charge in [-0.3, -0.25) is 0 Å². The highest BCUT2D eigenvalue weighted by Gasteiger charge is 2.09. The lowest BCUT2D eigenvalue weighted by Crippen LogP contribution is -1.92. The van der Waals surface area contributed by atoms with Gasteiger partial charge in [0.25, 0.3) is 0 Å². The lowest BCUT2D eigenvalue weighted by atomic mass is 10.1. The summed E-state index contributed by atoms with van der Waals surface area (Å²) in [5.41, 5.74) is 2.74. The van der Waals surface area contributed by atoms with Gasteiger partial charge in [-0.25, -0.2) is 4.98 Å². The Morgan fingerprint density at radius 1 is 0.952 bits per heavy atom. The van der Waals surface area contributed by atoms with Gasteiger partial charge in [0, 0.05) is 27.1 Å². The number of nitrogens with one attached hydrogen (secondary N) is 1. The van der Waals surface area contributed by atoms with E-state index in [1.165, 1.54) is 0 Å². The van der Waals surface area contributed by atoms with Crippen LogP contribution in [0.4, 0.5) is 0 Å². The van der Waals surface area contributed by atoms with Crippen molar-refractivity contribution in [1.82, 2.24) is 9.97 Å². The molecule has 2 aromatic carbocycles. The summed E-state index contributed by atoms with van der Waals surface area (Å²) in [7, 11) is 0. The number of H-pyrrole nitrogens is 1. The monoisotopic (exact) mass is 336 g/mol. The second-order valence-corrected chi connectivity index (χ2v) is 5.89. The van der Waals surface area contributed by atoms with Gasteiger partial charge in [-0.1, -0.05) is 53.0 Å². The molecule has 0 saturated heterocycles. The lowest BCUT2D eigenvalue weighted by molar-refractivity contribution is 1.03. The Bertz CT molecular complexity index is 781. The minimum atomic E-state index is 0.587. The molecule has 0 amide bonds. The molecule has 0 aliphatic rings. The van der Waals surface area contributed by atoms with Gasteiger partial charge in [-0.15, -0.1) is 0 Å². The number of benzene rings is 2. The van der Waals surface area contributed by atoms with E-state index >= 15 is 0 Å². The quantitative estimate of drug-likeness (QED) is 0.659. The molecular weight excluding hydrogens is 327 g/mol. The number of imidazole rings is 1. The van der Waals surface area contributed by atoms with Gasteiger partial charge in [0.05, 0.1) is 11.9 Å². The van der Waals surface area contributed by atoms with Crippen LogP contribution in [0.5, 0.6) is 0 Å². The smallest absolute Gasteiger partial charge is 0.110 e. The fraction of sp³-hybridized carbons (Fsp3) is 0.0625. The van der Waals surface area contributed by atoms with Crippen molar-refractivity contribution in [2.24, 2.45) is 0 Å². The number of halogens is 3. The van der Waals surface area contributed by atoms with E-state index in [1.807, 2.05) is 30.3 Å². The van der Waals surface area contributed by atoms with Crippen LogP contribution in [0.2, 0.25) is 15.1 Å². The third-order valence-corrected chi connectivity index (χ3v) is 4.09. The Morgan fingerprint density at radius 3 is 2.57 bits per heavy atom. The maximum Gasteiger partial charge on any atom is 0.110 e. The Balaban J connectivity index is 1.89. The van der Waals surface area contributed by atoms with E-state index in [4.69, 9.17) is 34.8 Å². The largest absolute Gasteiger partial charge is 0.342 e. The SMILES string of the molecule is Clc1ccc(Cl)c(Cc2ncc(-c3ccccc3Cl)[nH]2)c1. The average molecular weight is 338 g/mol. The molecule has 3 aromatic rings. The van der Waals surface area contributed by atoms with E-state index in [0.717, 1.165) is 22.6 Å². The van der Waals surface area contributed by atoms with Crippen molar-refractivity contribution in [3.8, 4) is 11.3 Å². The Hall–Kier alpha value is -1.48. The second kappa shape index (κ2) is 6.10. The van der Waals surface area contributed by atoms with Crippen LogP contribution in [0.25, 0.3) is 11.3 Å². The van der Waals surface area contributed by atoms with Gasteiger partial charge in [-0.05, 0) is 29.8 Å². The van der Waals surface area contributed by atoms with Crippen LogP contribution in [-0.4, -0.2) is 9.97 Å². The van der Waals surface area contributed by atoms with Gasteiger partial charge in [0.1, 0.15) is 5.82 Å². The predicted molar refractivity (Wildman–Crippen MR) is 88.3 cm³/mol. The first-order valence-electron chi connectivity index (χ1n) is 6.36. The first-order valence-corrected chi connectivity index (χ1v) is 7.49. The highest BCUT2D eigenvalue weighted by molar-refractivity contribution is 6.33. The molecular formula is C16H11Cl3N2. The molecule has 0 atom stereocenters. The molecule has 5 heteroatoms. The van der Waals surface area contributed by atoms with Gasteiger partial charge >= 0.3 is 0 Å². The molecule has 21 heavy (non-hydrogen) atoms. The van der Waals surface area contributed by atoms with E-state index in [2.05, 4.69) is 9.97 Å². The van der Waals surface area contributed by atoms with Crippen LogP contribution in [0.15, 0.2) is 48.7 Å². The molecule has 0 aliphatic carbocycles. The standard InChI is InChI=1S/C16H11Cl3N2/c17-11-5-6-13(18)10(7-11)8-16-20-9-15(21-16)12-3-1-2-4-14(12)19/h1-7,9H,8H2,(H,20,21). The van der Waals surface area contributed by atoms with Crippen molar-refractivity contribution in [2.75, 3.05) is 0 Å². The maximum atomic E-state index is 6.19. The fourth-order valence-corrected chi connectivity index (χ4v) is 2.74. The molecule has 106 valence electrons. The zero-order valence-corrected chi connectivity index (χ0v) is 13.2. The van der Waals surface area contributed by atoms with Crippen molar-refractivity contribution in [3.63, 3.8) is 0 Å². The zero-order chi connectivity index (χ0) is 14.8. The number of nitrogens with zero attached hydrogens (tertiary/aromatic N) is 1. The van der Waals surface area contributed by atoms with Crippen LogP contribution in [-0.2, 0) is 6.42 Å². The van der Waals surface area contributed by atoms with Gasteiger partial charge in [0.15, 0.2) is 0 Å². The zero-order valence-electron chi connectivity index (χ0n) is 10.9. The molecule has 0 fully saturated rings. The normalized spacial score (nSPS) is 10.8. The highest BCUT2D eigenvalue weighted by Crippen LogP contribution is 2.27. The van der Waals surface area contributed by atoms with Crippen LogP contribution in [0.3, 0.4) is 0 Å². The third-order valence-electron chi connectivity index (χ3n) is 3.16. The van der Waals surface area contributed by atoms with Crippen LogP contribution >= 0.6 is 34.8 Å². The molecule has 0 spiro atoms. The van der Waals surface area contributed by atoms with E-state index in [9.17, 15) is 0 Å². The highest BCUT2D eigenvalue weighted by atomic mass is 35.5. The Kier molecular flexibility index (Phi) is 4.20. The molecule has 1 heterocycles. The van der Waals surface area contributed by atoms with Crippen molar-refractivity contribution < 1.29 is 0 Å². The van der Waals surface area contributed by atoms with E-state index in [0.29, 0.717) is 21.5 Å². The summed E-state index contributed by atoms with van der Waals surface area (Å²) < 4.78 is 0. The summed E-state index contributed by atoms with van der Waals surface area (Å²) >= 11 is 18.4. The Morgan fingerprint density at radius 2 is 1.76 bits per heavy atom. The van der Waals surface area contributed by atoms with Gasteiger partial charge in [-0.2, -0.15) is 0 Å². The molecule has 2 nitrogen and oxygen atoms in total. The molecule has 0 bridgehead atoms. The van der Waals surface area contributed by atoms with Crippen LogP contribution < -0.4 is 0 Å². The summed E-state index contributed by atoms with van der Waals surface area (Å²) in [6.45, 7) is 0. The Labute approximate surface area is 137 Å². The molecule has 1 N–H and O–H groups in total. The summed E-state index contributed by atoms with van der Waals surface area (Å²) in [5, 5.41) is 2.02. The third kappa shape index (κ3) is 3.24. The topological polar surface area (TPSA) is 28.7 Å². The number of hydrogen-bond acceptors (Lipinski definition) is 1. The molecule has 0 aliphatic heterocycles. The predicted octanol–water partition coefficient (Wildman–Crippen LogP) is 5.63. The van der Waals surface area contributed by atoms with Crippen molar-refractivity contribution in [2.45, 2.75) is 6.42 Å². The summed E-state index contributed by atoms with van der Waals surface area (Å²) in [6.07, 6.45) is 2.36. The summed E-state index contributed by atoms with van der Waals surface area (Å²) in [5.74, 6) is 0.814. The summed E-state index contributed by atoms with van der Waals surface area (Å²) in [4.78, 5) is 7.65. The molecule has 1 aromatic heterocycles. The molecule has 0 saturated carbocycles. The van der Waals surface area contributed by atoms with Crippen molar-refractivity contribution in [1.29, 1.82) is 0 Å².